The molecule has 0 N–H and O–H groups in total. The molecule has 0 aliphatic carbocycles. The molecule has 2 aromatic heterocycles. The number of para-hydroxylation sites is 1. The summed E-state index contributed by atoms with van der Waals surface area (Å²) in [6, 6.07) is 15.1. The second kappa shape index (κ2) is 8.32. The molecular weight excluding hydrogens is 400 g/mol. The quantitative estimate of drug-likeness (QED) is 0.460. The third-order valence-corrected chi connectivity index (χ3v) is 5.48. The van der Waals surface area contributed by atoms with Crippen molar-refractivity contribution in [3.05, 3.63) is 70.1 Å². The van der Waals surface area contributed by atoms with E-state index in [2.05, 4.69) is 12.0 Å². The fourth-order valence-corrected chi connectivity index (χ4v) is 4.11. The number of anilines is 1. The Morgan fingerprint density at radius 2 is 1.90 bits per heavy atom. The van der Waals surface area contributed by atoms with E-state index < -0.39 is 0 Å². The average Bonchev–Trinajstić information content (AvgIpc) is 3.06. The van der Waals surface area contributed by atoms with Gasteiger partial charge in [-0.1, -0.05) is 42.8 Å². The third-order valence-electron chi connectivity index (χ3n) is 5.24. The maximum atomic E-state index is 13.3. The second-order valence-electron chi connectivity index (χ2n) is 7.16. The minimum atomic E-state index is -0.257. The Bertz CT molecular complexity index is 1290. The van der Waals surface area contributed by atoms with Crippen LogP contribution in [0.25, 0.3) is 21.8 Å². The van der Waals surface area contributed by atoms with Crippen LogP contribution in [0.15, 0.2) is 59.5 Å². The summed E-state index contributed by atoms with van der Waals surface area (Å²) in [4.78, 5) is 27.9. The minimum Gasteiger partial charge on any atom is -0.336 e. The van der Waals surface area contributed by atoms with E-state index in [0.29, 0.717) is 22.8 Å². The van der Waals surface area contributed by atoms with Crippen LogP contribution in [0.2, 0.25) is 5.02 Å². The molecule has 4 aromatic rings. The van der Waals surface area contributed by atoms with E-state index >= 15 is 0 Å². The van der Waals surface area contributed by atoms with Crippen molar-refractivity contribution in [3.8, 4) is 0 Å². The molecule has 0 radical (unpaired) electrons. The molecule has 154 valence electrons. The van der Waals surface area contributed by atoms with Crippen molar-refractivity contribution < 1.29 is 4.79 Å². The number of benzene rings is 2. The van der Waals surface area contributed by atoms with Gasteiger partial charge in [-0.15, -0.1) is 0 Å². The average molecular weight is 423 g/mol. The Morgan fingerprint density at radius 3 is 2.63 bits per heavy atom. The fourth-order valence-electron chi connectivity index (χ4n) is 3.92. The molecule has 0 unspecified atom stereocenters. The molecule has 4 rings (SSSR count). The Hall–Kier alpha value is -3.12. The highest BCUT2D eigenvalue weighted by Crippen LogP contribution is 2.26. The van der Waals surface area contributed by atoms with Crippen molar-refractivity contribution in [2.45, 2.75) is 33.4 Å². The number of rotatable bonds is 6. The molecule has 0 aliphatic rings. The third kappa shape index (κ3) is 3.48. The summed E-state index contributed by atoms with van der Waals surface area (Å²) in [6.45, 7) is 5.02. The molecule has 2 aromatic carbocycles. The molecule has 0 saturated carbocycles. The van der Waals surface area contributed by atoms with Crippen molar-refractivity contribution >= 4 is 45.0 Å². The lowest BCUT2D eigenvalue weighted by Gasteiger charge is -2.21. The summed E-state index contributed by atoms with van der Waals surface area (Å²) in [5, 5.41) is 6.68. The molecule has 7 heteroatoms. The molecule has 6 nitrogen and oxygen atoms in total. The smallest absolute Gasteiger partial charge is 0.291 e. The Balaban J connectivity index is 1.77. The van der Waals surface area contributed by atoms with Crippen molar-refractivity contribution in [2.24, 2.45) is 0 Å². The monoisotopic (exact) mass is 422 g/mol. The van der Waals surface area contributed by atoms with Gasteiger partial charge in [-0.05, 0) is 37.6 Å². The van der Waals surface area contributed by atoms with Gasteiger partial charge in [0.15, 0.2) is 0 Å². The van der Waals surface area contributed by atoms with Gasteiger partial charge in [0.05, 0.1) is 6.20 Å². The van der Waals surface area contributed by atoms with E-state index in [1.807, 2.05) is 41.8 Å². The number of aryl methyl sites for hydroxylation is 1. The highest BCUT2D eigenvalue weighted by molar-refractivity contribution is 6.30. The van der Waals surface area contributed by atoms with Crippen LogP contribution in [0.4, 0.5) is 5.69 Å². The highest BCUT2D eigenvalue weighted by Gasteiger charge is 2.19. The van der Waals surface area contributed by atoms with Gasteiger partial charge in [-0.2, -0.15) is 5.10 Å². The molecule has 0 fully saturated rings. The van der Waals surface area contributed by atoms with Crippen molar-refractivity contribution in [3.63, 3.8) is 0 Å². The molecule has 1 amide bonds. The van der Waals surface area contributed by atoms with Crippen LogP contribution >= 0.6 is 11.6 Å². The first-order chi connectivity index (χ1) is 14.5. The number of likely N-dealkylation sites (N-methyl/N-ethyl adjacent to an activating group) is 1. The lowest BCUT2D eigenvalue weighted by Crippen LogP contribution is -2.37. The Labute approximate surface area is 179 Å². The number of amides is 1. The normalized spacial score (nSPS) is 11.3. The van der Waals surface area contributed by atoms with Gasteiger partial charge in [0.25, 0.3) is 5.56 Å². The summed E-state index contributed by atoms with van der Waals surface area (Å²) in [5.41, 5.74) is 2.04. The van der Waals surface area contributed by atoms with E-state index in [1.54, 1.807) is 29.3 Å². The first-order valence-electron chi connectivity index (χ1n) is 10.1. The van der Waals surface area contributed by atoms with Gasteiger partial charge in [0.1, 0.15) is 12.1 Å². The summed E-state index contributed by atoms with van der Waals surface area (Å²) in [5.74, 6) is -0.216. The number of halogens is 1. The first kappa shape index (κ1) is 20.2. The van der Waals surface area contributed by atoms with Crippen LogP contribution in [0.5, 0.6) is 0 Å². The van der Waals surface area contributed by atoms with Crippen LogP contribution in [-0.2, 0) is 17.9 Å². The fraction of sp³-hybridized carbons (Fsp3) is 0.261. The number of carbonyl (C=O) groups is 1. The zero-order valence-electron chi connectivity index (χ0n) is 17.0. The predicted octanol–water partition coefficient (Wildman–Crippen LogP) is 4.47. The van der Waals surface area contributed by atoms with Crippen LogP contribution < -0.4 is 10.5 Å². The topological polar surface area (TPSA) is 60.1 Å². The van der Waals surface area contributed by atoms with Gasteiger partial charge in [-0.3, -0.25) is 9.59 Å². The molecule has 0 spiro atoms. The number of carbonyl (C=O) groups excluding carboxylic acids is 1. The predicted molar refractivity (Wildman–Crippen MR) is 121 cm³/mol. The zero-order valence-corrected chi connectivity index (χ0v) is 17.8. The van der Waals surface area contributed by atoms with Gasteiger partial charge in [0, 0.05) is 40.1 Å². The molecule has 0 atom stereocenters. The van der Waals surface area contributed by atoms with Crippen LogP contribution in [-0.4, -0.2) is 26.8 Å². The maximum absolute atomic E-state index is 13.3. The van der Waals surface area contributed by atoms with E-state index in [0.717, 1.165) is 29.3 Å². The van der Waals surface area contributed by atoms with E-state index in [9.17, 15) is 9.59 Å². The number of fused-ring (bicyclic) bond motifs is 3. The Morgan fingerprint density at radius 1 is 1.10 bits per heavy atom. The van der Waals surface area contributed by atoms with Gasteiger partial charge < -0.3 is 9.47 Å². The number of hydrogen-bond acceptors (Lipinski definition) is 3. The molecule has 0 aliphatic heterocycles. The number of aromatic nitrogens is 3. The van der Waals surface area contributed by atoms with Crippen LogP contribution in [0.1, 0.15) is 20.3 Å². The summed E-state index contributed by atoms with van der Waals surface area (Å²) >= 11 is 6.08. The number of nitrogens with zero attached hydrogens (tertiary/aromatic N) is 4. The molecular formula is C23H23ClN4O2. The molecule has 2 heterocycles. The highest BCUT2D eigenvalue weighted by atomic mass is 35.5. The number of hydrogen-bond donors (Lipinski definition) is 0. The van der Waals surface area contributed by atoms with E-state index in [-0.39, 0.29) is 18.0 Å². The summed E-state index contributed by atoms with van der Waals surface area (Å²) in [6.07, 6.45) is 2.58. The van der Waals surface area contributed by atoms with Crippen LogP contribution in [0, 0.1) is 0 Å². The maximum Gasteiger partial charge on any atom is 0.291 e. The lowest BCUT2D eigenvalue weighted by atomic mass is 10.2. The molecule has 0 saturated heterocycles. The standard InChI is InChI=1S/C23H23ClN4O2/c1-3-12-27-20-11-6-5-10-18(20)19-14-25-28(23(30)22(19)27)15-21(29)26(4-2)17-9-7-8-16(24)13-17/h5-11,13-14H,3-4,12,15H2,1-2H3. The lowest BCUT2D eigenvalue weighted by molar-refractivity contribution is -0.119. The first-order valence-corrected chi connectivity index (χ1v) is 10.5. The minimum absolute atomic E-state index is 0.136. The van der Waals surface area contributed by atoms with Crippen molar-refractivity contribution in [1.82, 2.24) is 14.3 Å². The van der Waals surface area contributed by atoms with Crippen molar-refractivity contribution in [2.75, 3.05) is 11.4 Å². The van der Waals surface area contributed by atoms with E-state index in [1.165, 1.54) is 4.68 Å². The molecule has 30 heavy (non-hydrogen) atoms. The second-order valence-corrected chi connectivity index (χ2v) is 7.59. The zero-order chi connectivity index (χ0) is 21.3. The van der Waals surface area contributed by atoms with Crippen molar-refractivity contribution in [1.29, 1.82) is 0 Å². The molecule has 0 bridgehead atoms. The Kier molecular flexibility index (Phi) is 5.59. The summed E-state index contributed by atoms with van der Waals surface area (Å²) in [7, 11) is 0. The largest absolute Gasteiger partial charge is 0.336 e. The van der Waals surface area contributed by atoms with Gasteiger partial charge in [0.2, 0.25) is 5.91 Å². The van der Waals surface area contributed by atoms with Gasteiger partial charge >= 0.3 is 0 Å². The summed E-state index contributed by atoms with van der Waals surface area (Å²) < 4.78 is 3.28. The van der Waals surface area contributed by atoms with Gasteiger partial charge in [-0.25, -0.2) is 4.68 Å². The SMILES string of the molecule is CCCn1c2ccccc2c2cnn(CC(=O)N(CC)c3cccc(Cl)c3)c(=O)c21. The van der Waals surface area contributed by atoms with E-state index in [4.69, 9.17) is 11.6 Å². The van der Waals surface area contributed by atoms with Crippen LogP contribution in [0.3, 0.4) is 0 Å².